The maximum atomic E-state index is 11.9. The van der Waals surface area contributed by atoms with E-state index < -0.39 is 10.2 Å². The van der Waals surface area contributed by atoms with Gasteiger partial charge in [-0.05, 0) is 37.1 Å². The summed E-state index contributed by atoms with van der Waals surface area (Å²) >= 11 is 0. The molecule has 3 aromatic rings. The van der Waals surface area contributed by atoms with Crippen LogP contribution in [-0.4, -0.2) is 42.3 Å². The molecule has 2 N–H and O–H groups in total. The number of nitrogens with zero attached hydrogens (tertiary/aromatic N) is 5. The molecule has 10 heteroatoms. The molecule has 2 heterocycles. The van der Waals surface area contributed by atoms with E-state index in [1.165, 1.54) is 44.1 Å². The first-order chi connectivity index (χ1) is 14.5. The molecule has 1 aliphatic carbocycles. The highest BCUT2D eigenvalue weighted by Gasteiger charge is 2.19. The maximum Gasteiger partial charge on any atom is 0.301 e. The van der Waals surface area contributed by atoms with Crippen LogP contribution in [0.2, 0.25) is 0 Å². The maximum absolute atomic E-state index is 11.9. The molecule has 4 rings (SSSR count). The van der Waals surface area contributed by atoms with Crippen molar-refractivity contribution in [3.8, 4) is 0 Å². The van der Waals surface area contributed by atoms with Crippen LogP contribution in [0.15, 0.2) is 36.7 Å². The molecule has 160 valence electrons. The second-order valence-corrected chi connectivity index (χ2v) is 9.46. The highest BCUT2D eigenvalue weighted by atomic mass is 32.2. The van der Waals surface area contributed by atoms with Gasteiger partial charge in [0.15, 0.2) is 5.65 Å². The third kappa shape index (κ3) is 4.24. The van der Waals surface area contributed by atoms with Gasteiger partial charge >= 0.3 is 10.2 Å². The highest BCUT2D eigenvalue weighted by molar-refractivity contribution is 7.90. The Morgan fingerprint density at radius 3 is 2.43 bits per heavy atom. The quantitative estimate of drug-likeness (QED) is 0.582. The van der Waals surface area contributed by atoms with Gasteiger partial charge in [-0.2, -0.15) is 18.5 Å². The Morgan fingerprint density at radius 1 is 1.07 bits per heavy atom. The van der Waals surface area contributed by atoms with Crippen LogP contribution in [0.1, 0.15) is 44.6 Å². The third-order valence-corrected chi connectivity index (χ3v) is 7.06. The normalized spacial score (nSPS) is 15.8. The van der Waals surface area contributed by atoms with Crippen LogP contribution in [0, 0.1) is 0 Å². The topological polar surface area (TPSA) is 105 Å². The standard InChI is InChI=1S/C20H27N7O2S/c1-21-30(28,29)26(2)17-11-9-16(10-12-17)24-20-22-13-15-14-23-27(19(15)25-20)18-7-5-3-4-6-8-18/h9-14,18,21H,3-8H2,1-2H3,(H,22,24,25). The molecule has 2 aromatic heterocycles. The van der Waals surface area contributed by atoms with Gasteiger partial charge in [0, 0.05) is 26.0 Å². The Kier molecular flexibility index (Phi) is 5.87. The number of rotatable bonds is 6. The summed E-state index contributed by atoms with van der Waals surface area (Å²) in [6.45, 7) is 0. The number of fused-ring (bicyclic) bond motifs is 1. The van der Waals surface area contributed by atoms with Crippen molar-refractivity contribution in [3.63, 3.8) is 0 Å². The fourth-order valence-corrected chi connectivity index (χ4v) is 4.50. The minimum Gasteiger partial charge on any atom is -0.324 e. The van der Waals surface area contributed by atoms with Gasteiger partial charge in [-0.3, -0.25) is 4.31 Å². The summed E-state index contributed by atoms with van der Waals surface area (Å²) in [5, 5.41) is 8.72. The third-order valence-electron chi connectivity index (χ3n) is 5.61. The lowest BCUT2D eigenvalue weighted by Gasteiger charge is -2.18. The first-order valence-electron chi connectivity index (χ1n) is 10.2. The molecular weight excluding hydrogens is 402 g/mol. The van der Waals surface area contributed by atoms with Gasteiger partial charge in [0.05, 0.1) is 23.3 Å². The van der Waals surface area contributed by atoms with Crippen molar-refractivity contribution < 1.29 is 8.42 Å². The summed E-state index contributed by atoms with van der Waals surface area (Å²) in [5.74, 6) is 0.488. The van der Waals surface area contributed by atoms with Crippen LogP contribution in [-0.2, 0) is 10.2 Å². The van der Waals surface area contributed by atoms with E-state index in [1.54, 1.807) is 30.5 Å². The zero-order valence-electron chi connectivity index (χ0n) is 17.2. The van der Waals surface area contributed by atoms with Gasteiger partial charge in [0.2, 0.25) is 5.95 Å². The fraction of sp³-hybridized carbons (Fsp3) is 0.450. The Hall–Kier alpha value is -2.72. The summed E-state index contributed by atoms with van der Waals surface area (Å²) in [6.07, 6.45) is 10.9. The summed E-state index contributed by atoms with van der Waals surface area (Å²) in [5.41, 5.74) is 2.17. The van der Waals surface area contributed by atoms with E-state index in [1.807, 2.05) is 10.9 Å². The SMILES string of the molecule is CNS(=O)(=O)N(C)c1ccc(Nc2ncc3cnn(C4CCCCCC4)c3n2)cc1. The van der Waals surface area contributed by atoms with Gasteiger partial charge in [-0.15, -0.1) is 0 Å². The molecule has 0 unspecified atom stereocenters. The number of nitrogens with one attached hydrogen (secondary N) is 2. The molecular formula is C20H27N7O2S. The molecule has 1 saturated carbocycles. The molecule has 1 aliphatic rings. The van der Waals surface area contributed by atoms with Gasteiger partial charge in [0.1, 0.15) is 0 Å². The molecule has 1 fully saturated rings. The van der Waals surface area contributed by atoms with Gasteiger partial charge in [0.25, 0.3) is 0 Å². The lowest BCUT2D eigenvalue weighted by atomic mass is 10.1. The van der Waals surface area contributed by atoms with Crippen molar-refractivity contribution in [3.05, 3.63) is 36.7 Å². The van der Waals surface area contributed by atoms with Crippen LogP contribution in [0.5, 0.6) is 0 Å². The van der Waals surface area contributed by atoms with Crippen molar-refractivity contribution in [2.75, 3.05) is 23.7 Å². The lowest BCUT2D eigenvalue weighted by molar-refractivity contribution is 0.415. The monoisotopic (exact) mass is 429 g/mol. The van der Waals surface area contributed by atoms with Crippen molar-refractivity contribution in [1.82, 2.24) is 24.5 Å². The number of hydrogen-bond donors (Lipinski definition) is 2. The first-order valence-corrected chi connectivity index (χ1v) is 11.7. The average Bonchev–Trinajstić information content (AvgIpc) is 2.98. The summed E-state index contributed by atoms with van der Waals surface area (Å²) in [6, 6.07) is 7.44. The van der Waals surface area contributed by atoms with Gasteiger partial charge < -0.3 is 5.32 Å². The van der Waals surface area contributed by atoms with Crippen molar-refractivity contribution >= 4 is 38.6 Å². The highest BCUT2D eigenvalue weighted by Crippen LogP contribution is 2.29. The minimum absolute atomic E-state index is 0.386. The van der Waals surface area contributed by atoms with Crippen molar-refractivity contribution in [2.45, 2.75) is 44.6 Å². The fourth-order valence-electron chi connectivity index (χ4n) is 3.83. The van der Waals surface area contributed by atoms with E-state index in [9.17, 15) is 8.42 Å². The average molecular weight is 430 g/mol. The van der Waals surface area contributed by atoms with E-state index in [-0.39, 0.29) is 0 Å². The number of benzene rings is 1. The van der Waals surface area contributed by atoms with E-state index >= 15 is 0 Å². The van der Waals surface area contributed by atoms with E-state index in [2.05, 4.69) is 20.1 Å². The summed E-state index contributed by atoms with van der Waals surface area (Å²) < 4.78 is 29.4. The van der Waals surface area contributed by atoms with Crippen molar-refractivity contribution in [1.29, 1.82) is 0 Å². The minimum atomic E-state index is -3.53. The summed E-state index contributed by atoms with van der Waals surface area (Å²) in [4.78, 5) is 9.11. The van der Waals surface area contributed by atoms with Crippen LogP contribution in [0.3, 0.4) is 0 Å². The van der Waals surface area contributed by atoms with E-state index in [0.29, 0.717) is 17.7 Å². The molecule has 0 atom stereocenters. The zero-order valence-corrected chi connectivity index (χ0v) is 18.1. The Labute approximate surface area is 176 Å². The predicted octanol–water partition coefficient (Wildman–Crippen LogP) is 3.37. The number of aromatic nitrogens is 4. The zero-order chi connectivity index (χ0) is 21.1. The molecule has 1 aromatic carbocycles. The van der Waals surface area contributed by atoms with Gasteiger partial charge in [-0.1, -0.05) is 25.7 Å². The van der Waals surface area contributed by atoms with E-state index in [4.69, 9.17) is 4.98 Å². The molecule has 9 nitrogen and oxygen atoms in total. The van der Waals surface area contributed by atoms with Crippen LogP contribution >= 0.6 is 0 Å². The van der Waals surface area contributed by atoms with E-state index in [0.717, 1.165) is 29.6 Å². The molecule has 0 aliphatic heterocycles. The first kappa shape index (κ1) is 20.5. The molecule has 0 saturated heterocycles. The second-order valence-electron chi connectivity index (χ2n) is 7.56. The van der Waals surface area contributed by atoms with Crippen LogP contribution in [0.4, 0.5) is 17.3 Å². The van der Waals surface area contributed by atoms with Crippen molar-refractivity contribution in [2.24, 2.45) is 0 Å². The molecule has 0 amide bonds. The Bertz CT molecular complexity index is 1100. The Balaban J connectivity index is 1.54. The largest absolute Gasteiger partial charge is 0.324 e. The predicted molar refractivity (Wildman–Crippen MR) is 118 cm³/mol. The van der Waals surface area contributed by atoms with Crippen LogP contribution < -0.4 is 14.3 Å². The second kappa shape index (κ2) is 8.57. The molecule has 0 spiro atoms. The summed E-state index contributed by atoms with van der Waals surface area (Å²) in [7, 11) is -0.647. The molecule has 0 bridgehead atoms. The molecule has 0 radical (unpaired) electrons. The number of anilines is 3. The van der Waals surface area contributed by atoms with Gasteiger partial charge in [-0.25, -0.2) is 14.4 Å². The molecule has 30 heavy (non-hydrogen) atoms. The lowest BCUT2D eigenvalue weighted by Crippen LogP contribution is -2.35. The van der Waals surface area contributed by atoms with Crippen LogP contribution in [0.25, 0.3) is 11.0 Å². The number of hydrogen-bond acceptors (Lipinski definition) is 6. The Morgan fingerprint density at radius 2 is 1.77 bits per heavy atom. The smallest absolute Gasteiger partial charge is 0.301 e.